The van der Waals surface area contributed by atoms with E-state index in [1.807, 2.05) is 0 Å². The predicted octanol–water partition coefficient (Wildman–Crippen LogP) is 5.42. The van der Waals surface area contributed by atoms with Gasteiger partial charge in [-0.2, -0.15) is 26.3 Å². The number of nitrogens with zero attached hydrogens (tertiary/aromatic N) is 1. The fraction of sp³-hybridized carbons (Fsp3) is 0.286. The Labute approximate surface area is 134 Å². The first-order chi connectivity index (χ1) is 10.9. The van der Waals surface area contributed by atoms with E-state index in [0.717, 1.165) is 29.5 Å². The summed E-state index contributed by atoms with van der Waals surface area (Å²) >= 11 is 0.830. The Hall–Kier alpha value is -2.10. The second-order valence-electron chi connectivity index (χ2n) is 5.30. The summed E-state index contributed by atoms with van der Waals surface area (Å²) in [5, 5.41) is 10.7. The first kappa shape index (κ1) is 16.7. The minimum atomic E-state index is -5.54. The summed E-state index contributed by atoms with van der Waals surface area (Å²) in [6.45, 7) is 1.30. The van der Waals surface area contributed by atoms with Gasteiger partial charge < -0.3 is 0 Å². The van der Waals surface area contributed by atoms with Gasteiger partial charge in [-0.1, -0.05) is 0 Å². The SMILES string of the molecule is Cc1sc2cc([N+](=O)[O-])ccc2c1C1=CC(F)(F)C(F)(F)C1(F)F. The van der Waals surface area contributed by atoms with E-state index in [1.165, 1.54) is 6.92 Å². The van der Waals surface area contributed by atoms with Crippen molar-refractivity contribution in [1.82, 2.24) is 0 Å². The van der Waals surface area contributed by atoms with Crippen LogP contribution in [-0.4, -0.2) is 22.7 Å². The summed E-state index contributed by atoms with van der Waals surface area (Å²) in [4.78, 5) is 10.1. The number of nitro benzene ring substituents is 1. The van der Waals surface area contributed by atoms with Gasteiger partial charge in [0, 0.05) is 44.3 Å². The number of rotatable bonds is 2. The molecule has 0 atom stereocenters. The summed E-state index contributed by atoms with van der Waals surface area (Å²) in [5.74, 6) is -15.6. The summed E-state index contributed by atoms with van der Waals surface area (Å²) < 4.78 is 81.6. The monoisotopic (exact) mass is 367 g/mol. The quantitative estimate of drug-likeness (QED) is 0.404. The molecule has 0 saturated heterocycles. The van der Waals surface area contributed by atoms with Crippen molar-refractivity contribution in [3.8, 4) is 0 Å². The van der Waals surface area contributed by atoms with Gasteiger partial charge in [0.1, 0.15) is 0 Å². The number of thiophene rings is 1. The molecule has 128 valence electrons. The lowest BCUT2D eigenvalue weighted by Crippen LogP contribution is -2.48. The number of fused-ring (bicyclic) bond motifs is 1. The van der Waals surface area contributed by atoms with Crippen LogP contribution in [0.1, 0.15) is 10.4 Å². The Morgan fingerprint density at radius 3 is 2.25 bits per heavy atom. The lowest BCUT2D eigenvalue weighted by Gasteiger charge is -2.25. The molecule has 3 rings (SSSR count). The fourth-order valence-corrected chi connectivity index (χ4v) is 3.74. The van der Waals surface area contributed by atoms with Gasteiger partial charge in [-0.15, -0.1) is 11.3 Å². The van der Waals surface area contributed by atoms with E-state index < -0.39 is 39.9 Å². The first-order valence-electron chi connectivity index (χ1n) is 6.45. The highest BCUT2D eigenvalue weighted by Crippen LogP contribution is 2.60. The number of allylic oxidation sites excluding steroid dienone is 2. The maximum absolute atomic E-state index is 14.0. The highest BCUT2D eigenvalue weighted by molar-refractivity contribution is 7.19. The van der Waals surface area contributed by atoms with E-state index in [-0.39, 0.29) is 20.7 Å². The molecule has 3 nitrogen and oxygen atoms in total. The highest BCUT2D eigenvalue weighted by atomic mass is 32.1. The molecular formula is C14H7F6NO2S. The molecule has 0 saturated carbocycles. The molecule has 0 amide bonds. The van der Waals surface area contributed by atoms with E-state index >= 15 is 0 Å². The first-order valence-corrected chi connectivity index (χ1v) is 7.26. The van der Waals surface area contributed by atoms with Crippen molar-refractivity contribution in [2.45, 2.75) is 24.7 Å². The standard InChI is InChI=1S/C14H7F6NO2S/c1-6-11(8-3-2-7(21(22)23)4-10(8)24-6)9-5-12(15,16)14(19,20)13(9,17)18/h2-5H,1H3. The van der Waals surface area contributed by atoms with Crippen LogP contribution in [0.3, 0.4) is 0 Å². The zero-order valence-corrected chi connectivity index (χ0v) is 12.6. The van der Waals surface area contributed by atoms with Crippen LogP contribution in [-0.2, 0) is 0 Å². The number of halogens is 6. The fourth-order valence-electron chi connectivity index (χ4n) is 2.63. The van der Waals surface area contributed by atoms with Crippen molar-refractivity contribution < 1.29 is 31.3 Å². The van der Waals surface area contributed by atoms with Crippen LogP contribution < -0.4 is 0 Å². The highest BCUT2D eigenvalue weighted by Gasteiger charge is 2.77. The third kappa shape index (κ3) is 1.98. The molecule has 10 heteroatoms. The molecule has 1 aromatic heterocycles. The van der Waals surface area contributed by atoms with E-state index in [1.54, 1.807) is 0 Å². The lowest BCUT2D eigenvalue weighted by molar-refractivity contribution is -0.384. The topological polar surface area (TPSA) is 43.1 Å². The van der Waals surface area contributed by atoms with E-state index in [0.29, 0.717) is 0 Å². The summed E-state index contributed by atoms with van der Waals surface area (Å²) in [6, 6.07) is 3.18. The number of aryl methyl sites for hydroxylation is 1. The Morgan fingerprint density at radius 2 is 1.75 bits per heavy atom. The second-order valence-corrected chi connectivity index (χ2v) is 6.56. The van der Waals surface area contributed by atoms with Crippen molar-refractivity contribution >= 4 is 32.7 Å². The second kappa shape index (κ2) is 4.71. The van der Waals surface area contributed by atoms with E-state index in [2.05, 4.69) is 0 Å². The molecule has 1 aromatic carbocycles. The van der Waals surface area contributed by atoms with Crippen LogP contribution in [0.25, 0.3) is 15.7 Å². The van der Waals surface area contributed by atoms with Crippen molar-refractivity contribution in [3.63, 3.8) is 0 Å². The molecule has 0 aliphatic heterocycles. The molecule has 2 aromatic rings. The average Bonchev–Trinajstić information content (AvgIpc) is 2.83. The van der Waals surface area contributed by atoms with Gasteiger partial charge >= 0.3 is 17.8 Å². The minimum absolute atomic E-state index is 0.0116. The largest absolute Gasteiger partial charge is 0.380 e. The van der Waals surface area contributed by atoms with Gasteiger partial charge in [0.05, 0.1) is 4.92 Å². The van der Waals surface area contributed by atoms with E-state index in [9.17, 15) is 36.5 Å². The Kier molecular flexibility index (Phi) is 3.29. The van der Waals surface area contributed by atoms with Gasteiger partial charge in [0.15, 0.2) is 0 Å². The van der Waals surface area contributed by atoms with Crippen LogP contribution in [0.5, 0.6) is 0 Å². The summed E-state index contributed by atoms with van der Waals surface area (Å²) in [7, 11) is 0. The molecule has 0 unspecified atom stereocenters. The van der Waals surface area contributed by atoms with E-state index in [4.69, 9.17) is 0 Å². The Balaban J connectivity index is 2.27. The molecular weight excluding hydrogens is 360 g/mol. The van der Waals surface area contributed by atoms with Crippen molar-refractivity contribution in [2.75, 3.05) is 0 Å². The number of non-ortho nitro benzene ring substituents is 1. The number of benzene rings is 1. The van der Waals surface area contributed by atoms with Crippen molar-refractivity contribution in [3.05, 3.63) is 44.8 Å². The van der Waals surface area contributed by atoms with Crippen LogP contribution >= 0.6 is 11.3 Å². The summed E-state index contributed by atoms with van der Waals surface area (Å²) in [5.41, 5.74) is -2.22. The molecule has 1 heterocycles. The molecule has 0 fully saturated rings. The third-order valence-electron chi connectivity index (χ3n) is 3.81. The van der Waals surface area contributed by atoms with Crippen molar-refractivity contribution in [1.29, 1.82) is 0 Å². The van der Waals surface area contributed by atoms with Crippen LogP contribution in [0.2, 0.25) is 0 Å². The molecule has 0 radical (unpaired) electrons. The smallest absolute Gasteiger partial charge is 0.258 e. The number of hydrogen-bond donors (Lipinski definition) is 0. The van der Waals surface area contributed by atoms with Gasteiger partial charge in [0.25, 0.3) is 5.69 Å². The molecule has 1 aliphatic rings. The lowest BCUT2D eigenvalue weighted by atomic mass is 9.98. The number of nitro groups is 1. The average molecular weight is 367 g/mol. The van der Waals surface area contributed by atoms with Crippen LogP contribution in [0.15, 0.2) is 24.3 Å². The number of hydrogen-bond acceptors (Lipinski definition) is 3. The minimum Gasteiger partial charge on any atom is -0.258 e. The molecule has 24 heavy (non-hydrogen) atoms. The van der Waals surface area contributed by atoms with Gasteiger partial charge in [-0.25, -0.2) is 0 Å². The zero-order valence-electron chi connectivity index (χ0n) is 11.7. The maximum Gasteiger partial charge on any atom is 0.380 e. The van der Waals surface area contributed by atoms with Crippen molar-refractivity contribution in [2.24, 2.45) is 0 Å². The Bertz CT molecular complexity index is 902. The zero-order chi connectivity index (χ0) is 18.1. The predicted molar refractivity (Wildman–Crippen MR) is 76.0 cm³/mol. The van der Waals surface area contributed by atoms with Crippen LogP contribution in [0, 0.1) is 17.0 Å². The van der Waals surface area contributed by atoms with Crippen LogP contribution in [0.4, 0.5) is 32.0 Å². The third-order valence-corrected chi connectivity index (χ3v) is 4.87. The Morgan fingerprint density at radius 1 is 1.12 bits per heavy atom. The van der Waals surface area contributed by atoms with Gasteiger partial charge in [-0.3, -0.25) is 10.1 Å². The molecule has 0 N–H and O–H groups in total. The molecule has 1 aliphatic carbocycles. The molecule has 0 bridgehead atoms. The molecule has 0 spiro atoms. The maximum atomic E-state index is 14.0. The normalized spacial score (nSPS) is 21.0. The number of alkyl halides is 6. The van der Waals surface area contributed by atoms with Gasteiger partial charge in [0.2, 0.25) is 0 Å². The van der Waals surface area contributed by atoms with Gasteiger partial charge in [-0.05, 0) is 13.0 Å². The summed E-state index contributed by atoms with van der Waals surface area (Å²) in [6.07, 6.45) is -0.414.